The van der Waals surface area contributed by atoms with Gasteiger partial charge in [0, 0.05) is 79.7 Å². The lowest BCUT2D eigenvalue weighted by molar-refractivity contribution is -0.121. The molecule has 1 fully saturated rings. The Morgan fingerprint density at radius 2 is 1.72 bits per heavy atom. The minimum absolute atomic E-state index is 0.112. The smallest absolute Gasteiger partial charge is 0.319 e. The first kappa shape index (κ1) is 34.8. The number of aromatic nitrogens is 2. The Hall–Kier alpha value is -5.04. The zero-order chi connectivity index (χ0) is 35.0. The number of ether oxygens (including phenoxy) is 2. The molecule has 1 saturated heterocycles. The molecule has 0 spiro atoms. The third-order valence-electron chi connectivity index (χ3n) is 8.86. The molecule has 260 valence electrons. The van der Waals surface area contributed by atoms with Gasteiger partial charge in [-0.1, -0.05) is 43.4 Å². The van der Waals surface area contributed by atoms with Crippen molar-refractivity contribution in [3.05, 3.63) is 95.8 Å². The Balaban J connectivity index is 1.10. The molecule has 0 atom stereocenters. The van der Waals surface area contributed by atoms with E-state index in [1.807, 2.05) is 44.2 Å². The number of fused-ring (bicyclic) bond motifs is 1. The number of methoxy groups -OCH3 is 1. The molecule has 3 N–H and O–H groups in total. The van der Waals surface area contributed by atoms with Crippen molar-refractivity contribution in [1.82, 2.24) is 19.8 Å². The largest absolute Gasteiger partial charge is 0.445 e. The number of ketones is 1. The molecule has 3 amide bonds. The quantitative estimate of drug-likeness (QED) is 0.115. The standard InChI is InChI=1S/C38H42N6O5S/c1-4-28(5-2)40-37(47)41-29-12-15-34(26(20-29)24-48-3)49-35-21-39-38(50-35)42-36(46)25-10-13-30(14-11-25)44-23-27(32-8-6-7-9-33(32)44)22-43-18-16-31(45)17-19-43/h6-15,20-21,23,28H,4-5,16-19,22,24H2,1-3H3,(H,39,42,46)(H2,40,41,47). The number of para-hydroxylation sites is 1. The number of urea groups is 1. The maximum absolute atomic E-state index is 13.2. The third kappa shape index (κ3) is 8.39. The van der Waals surface area contributed by atoms with Gasteiger partial charge in [0.05, 0.1) is 18.3 Å². The molecule has 0 aliphatic carbocycles. The lowest BCUT2D eigenvalue weighted by Crippen LogP contribution is -2.37. The van der Waals surface area contributed by atoms with Crippen LogP contribution in [0, 0.1) is 0 Å². The van der Waals surface area contributed by atoms with Gasteiger partial charge < -0.3 is 24.7 Å². The summed E-state index contributed by atoms with van der Waals surface area (Å²) in [6.45, 7) is 6.71. The van der Waals surface area contributed by atoms with E-state index in [0.29, 0.717) is 45.8 Å². The Bertz CT molecular complexity index is 1960. The number of nitrogens with one attached hydrogen (secondary N) is 3. The van der Waals surface area contributed by atoms with Crippen molar-refractivity contribution in [2.24, 2.45) is 0 Å². The minimum Gasteiger partial charge on any atom is -0.445 e. The van der Waals surface area contributed by atoms with Gasteiger partial charge in [-0.05, 0) is 66.9 Å². The van der Waals surface area contributed by atoms with Crippen molar-refractivity contribution in [3.8, 4) is 16.5 Å². The molecular weight excluding hydrogens is 653 g/mol. The van der Waals surface area contributed by atoms with Gasteiger partial charge in [0.1, 0.15) is 11.5 Å². The van der Waals surface area contributed by atoms with Gasteiger partial charge in [-0.3, -0.25) is 19.8 Å². The zero-order valence-electron chi connectivity index (χ0n) is 28.5. The number of piperidine rings is 1. The van der Waals surface area contributed by atoms with Gasteiger partial charge >= 0.3 is 6.03 Å². The van der Waals surface area contributed by atoms with Crippen molar-refractivity contribution in [1.29, 1.82) is 0 Å². The predicted octanol–water partition coefficient (Wildman–Crippen LogP) is 7.75. The molecule has 0 bridgehead atoms. The molecular formula is C38H42N6O5S. The number of anilines is 2. The molecule has 1 aliphatic heterocycles. The minimum atomic E-state index is -0.280. The lowest BCUT2D eigenvalue weighted by atomic mass is 10.1. The van der Waals surface area contributed by atoms with E-state index in [0.717, 1.165) is 49.2 Å². The van der Waals surface area contributed by atoms with Crippen LogP contribution in [-0.2, 0) is 22.7 Å². The van der Waals surface area contributed by atoms with Crippen LogP contribution in [0.4, 0.5) is 15.6 Å². The molecule has 0 radical (unpaired) electrons. The molecule has 1 aliphatic rings. The summed E-state index contributed by atoms with van der Waals surface area (Å²) < 4.78 is 13.6. The van der Waals surface area contributed by atoms with Gasteiger partial charge in [0.2, 0.25) is 5.06 Å². The monoisotopic (exact) mass is 694 g/mol. The first-order valence-electron chi connectivity index (χ1n) is 16.9. The second kappa shape index (κ2) is 16.1. The van der Waals surface area contributed by atoms with Crippen LogP contribution in [0.5, 0.6) is 10.8 Å². The van der Waals surface area contributed by atoms with E-state index in [2.05, 4.69) is 48.7 Å². The molecule has 12 heteroatoms. The van der Waals surface area contributed by atoms with Crippen LogP contribution in [0.3, 0.4) is 0 Å². The van der Waals surface area contributed by atoms with Crippen LogP contribution < -0.4 is 20.7 Å². The normalized spacial score (nSPS) is 13.5. The first-order valence-corrected chi connectivity index (χ1v) is 17.7. The predicted molar refractivity (Wildman–Crippen MR) is 197 cm³/mol. The first-order chi connectivity index (χ1) is 24.3. The fraction of sp³-hybridized carbons (Fsp3) is 0.316. The maximum Gasteiger partial charge on any atom is 0.319 e. The molecule has 50 heavy (non-hydrogen) atoms. The molecule has 0 unspecified atom stereocenters. The Labute approximate surface area is 295 Å². The summed E-state index contributed by atoms with van der Waals surface area (Å²) in [4.78, 5) is 44.0. The van der Waals surface area contributed by atoms with E-state index in [9.17, 15) is 14.4 Å². The number of carbonyl (C=O) groups excluding carboxylic acids is 3. The van der Waals surface area contributed by atoms with Gasteiger partial charge in [-0.15, -0.1) is 0 Å². The highest BCUT2D eigenvalue weighted by Crippen LogP contribution is 2.34. The zero-order valence-corrected chi connectivity index (χ0v) is 29.3. The third-order valence-corrected chi connectivity index (χ3v) is 9.66. The number of hydrogen-bond donors (Lipinski definition) is 3. The number of carbonyl (C=O) groups is 3. The van der Waals surface area contributed by atoms with Crippen molar-refractivity contribution in [2.75, 3.05) is 30.8 Å². The molecule has 11 nitrogen and oxygen atoms in total. The van der Waals surface area contributed by atoms with Crippen molar-refractivity contribution < 1.29 is 23.9 Å². The van der Waals surface area contributed by atoms with Crippen LogP contribution in [0.25, 0.3) is 16.6 Å². The molecule has 5 aromatic rings. The lowest BCUT2D eigenvalue weighted by Gasteiger charge is -2.25. The van der Waals surface area contributed by atoms with E-state index in [-0.39, 0.29) is 24.6 Å². The summed E-state index contributed by atoms with van der Waals surface area (Å²) in [6.07, 6.45) is 6.65. The van der Waals surface area contributed by atoms with Crippen LogP contribution >= 0.6 is 11.3 Å². The molecule has 6 rings (SSSR count). The summed E-state index contributed by atoms with van der Waals surface area (Å²) in [5.41, 5.74) is 5.11. The number of benzene rings is 3. The van der Waals surface area contributed by atoms with Gasteiger partial charge in [-0.2, -0.15) is 0 Å². The van der Waals surface area contributed by atoms with Crippen molar-refractivity contribution >= 4 is 50.8 Å². The maximum atomic E-state index is 13.2. The number of nitrogens with zero attached hydrogens (tertiary/aromatic N) is 3. The molecule has 2 aromatic heterocycles. The second-order valence-corrected chi connectivity index (χ2v) is 13.3. The highest BCUT2D eigenvalue weighted by molar-refractivity contribution is 7.17. The SMILES string of the molecule is CCC(CC)NC(=O)Nc1ccc(Oc2cnc(NC(=O)c3ccc(-n4cc(CN5CCC(=O)CC5)c5ccccc54)cc3)s2)c(COC)c1. The van der Waals surface area contributed by atoms with Gasteiger partial charge in [0.25, 0.3) is 5.91 Å². The highest BCUT2D eigenvalue weighted by Gasteiger charge is 2.19. The Morgan fingerprint density at radius 1 is 0.960 bits per heavy atom. The summed E-state index contributed by atoms with van der Waals surface area (Å²) in [6, 6.07) is 21.0. The number of thiazole rings is 1. The summed E-state index contributed by atoms with van der Waals surface area (Å²) in [7, 11) is 1.59. The average Bonchev–Trinajstić information content (AvgIpc) is 3.73. The number of hydrogen-bond acceptors (Lipinski definition) is 8. The van der Waals surface area contributed by atoms with Crippen molar-refractivity contribution in [2.45, 2.75) is 58.7 Å². The number of amides is 3. The van der Waals surface area contributed by atoms with Gasteiger partial charge in [0.15, 0.2) is 5.13 Å². The summed E-state index contributed by atoms with van der Waals surface area (Å²) in [5, 5.41) is 10.8. The number of likely N-dealkylation sites (tertiary alicyclic amines) is 1. The van der Waals surface area contributed by atoms with E-state index >= 15 is 0 Å². The summed E-state index contributed by atoms with van der Waals surface area (Å²) in [5.74, 6) is 0.614. The van der Waals surface area contributed by atoms with E-state index < -0.39 is 0 Å². The van der Waals surface area contributed by atoms with Crippen LogP contribution in [0.15, 0.2) is 79.1 Å². The van der Waals surface area contributed by atoms with Crippen LogP contribution in [-0.4, -0.2) is 58.4 Å². The Morgan fingerprint density at radius 3 is 2.46 bits per heavy atom. The van der Waals surface area contributed by atoms with Crippen molar-refractivity contribution in [3.63, 3.8) is 0 Å². The molecule has 3 aromatic carbocycles. The fourth-order valence-corrected chi connectivity index (χ4v) is 6.75. The number of Topliss-reactive ketones (excluding diaryl/α,β-unsaturated/α-hetero) is 1. The molecule has 0 saturated carbocycles. The van der Waals surface area contributed by atoms with Gasteiger partial charge in [-0.25, -0.2) is 9.78 Å². The van der Waals surface area contributed by atoms with E-state index in [4.69, 9.17) is 9.47 Å². The van der Waals surface area contributed by atoms with Crippen LogP contribution in [0.1, 0.15) is 61.0 Å². The number of rotatable bonds is 13. The van der Waals surface area contributed by atoms with E-state index in [1.165, 1.54) is 22.3 Å². The van der Waals surface area contributed by atoms with Crippen LogP contribution in [0.2, 0.25) is 0 Å². The fourth-order valence-electron chi connectivity index (χ4n) is 6.08. The average molecular weight is 695 g/mol. The Kier molecular flexibility index (Phi) is 11.2. The molecule has 3 heterocycles. The second-order valence-electron chi connectivity index (χ2n) is 12.3. The highest BCUT2D eigenvalue weighted by atomic mass is 32.1. The van der Waals surface area contributed by atoms with E-state index in [1.54, 1.807) is 37.6 Å². The summed E-state index contributed by atoms with van der Waals surface area (Å²) >= 11 is 1.21. The topological polar surface area (TPSA) is 127 Å².